The molecule has 0 aliphatic carbocycles. The minimum atomic E-state index is 0.502. The molecule has 0 radical (unpaired) electrons. The zero-order valence-electron chi connectivity index (χ0n) is 11.4. The molecular weight excluding hydrogens is 234 g/mol. The normalized spacial score (nSPS) is 10.6. The van der Waals surface area contributed by atoms with Crippen LogP contribution in [0.1, 0.15) is 30.5 Å². The standard InChI is InChI=1S/C16H19N3/c1-13(2)18-10-16-7-8-19(12-16)11-15-5-3-14(9-17)4-6-15/h3-8,12-13,18H,10-11H2,1-2H3. The first-order valence-electron chi connectivity index (χ1n) is 6.54. The highest BCUT2D eigenvalue weighted by molar-refractivity contribution is 5.31. The van der Waals surface area contributed by atoms with Gasteiger partial charge < -0.3 is 9.88 Å². The van der Waals surface area contributed by atoms with Crippen LogP contribution in [0.25, 0.3) is 0 Å². The van der Waals surface area contributed by atoms with Gasteiger partial charge in [-0.2, -0.15) is 5.26 Å². The van der Waals surface area contributed by atoms with Crippen LogP contribution in [0.15, 0.2) is 42.7 Å². The third kappa shape index (κ3) is 3.97. The molecule has 0 saturated heterocycles. The predicted octanol–water partition coefficient (Wildman–Crippen LogP) is 2.91. The molecule has 0 bridgehead atoms. The molecule has 3 nitrogen and oxygen atoms in total. The number of nitrogens with zero attached hydrogens (tertiary/aromatic N) is 2. The fourth-order valence-corrected chi connectivity index (χ4v) is 1.91. The van der Waals surface area contributed by atoms with Crippen LogP contribution in [-0.4, -0.2) is 10.6 Å². The van der Waals surface area contributed by atoms with Crippen molar-refractivity contribution < 1.29 is 0 Å². The highest BCUT2D eigenvalue weighted by atomic mass is 14.9. The first-order chi connectivity index (χ1) is 9.17. The van der Waals surface area contributed by atoms with Crippen molar-refractivity contribution in [1.29, 1.82) is 5.26 Å². The van der Waals surface area contributed by atoms with Gasteiger partial charge in [-0.05, 0) is 29.3 Å². The Morgan fingerprint density at radius 3 is 2.53 bits per heavy atom. The summed E-state index contributed by atoms with van der Waals surface area (Å²) in [6, 6.07) is 12.5. The Morgan fingerprint density at radius 2 is 1.89 bits per heavy atom. The Bertz CT molecular complexity index is 558. The van der Waals surface area contributed by atoms with Crippen molar-refractivity contribution in [2.75, 3.05) is 0 Å². The maximum atomic E-state index is 8.76. The Kier molecular flexibility index (Phi) is 4.38. The fourth-order valence-electron chi connectivity index (χ4n) is 1.91. The van der Waals surface area contributed by atoms with E-state index in [0.717, 1.165) is 13.1 Å². The largest absolute Gasteiger partial charge is 0.350 e. The molecule has 1 N–H and O–H groups in total. The summed E-state index contributed by atoms with van der Waals surface area (Å²) in [5, 5.41) is 12.2. The van der Waals surface area contributed by atoms with Crippen molar-refractivity contribution in [3.8, 4) is 6.07 Å². The summed E-state index contributed by atoms with van der Waals surface area (Å²) in [7, 11) is 0. The number of hydrogen-bond donors (Lipinski definition) is 1. The monoisotopic (exact) mass is 253 g/mol. The van der Waals surface area contributed by atoms with Crippen molar-refractivity contribution >= 4 is 0 Å². The van der Waals surface area contributed by atoms with Gasteiger partial charge in [0, 0.05) is 31.5 Å². The predicted molar refractivity (Wildman–Crippen MR) is 76.7 cm³/mol. The summed E-state index contributed by atoms with van der Waals surface area (Å²) in [5.41, 5.74) is 3.21. The van der Waals surface area contributed by atoms with E-state index in [1.807, 2.05) is 24.3 Å². The second-order valence-electron chi connectivity index (χ2n) is 5.04. The van der Waals surface area contributed by atoms with Crippen molar-refractivity contribution in [2.45, 2.75) is 33.0 Å². The molecule has 1 aromatic carbocycles. The zero-order valence-corrected chi connectivity index (χ0v) is 11.4. The van der Waals surface area contributed by atoms with Crippen LogP contribution in [0.4, 0.5) is 0 Å². The van der Waals surface area contributed by atoms with Crippen LogP contribution in [0.3, 0.4) is 0 Å². The summed E-state index contributed by atoms with van der Waals surface area (Å²) in [6.45, 7) is 6.03. The molecule has 0 atom stereocenters. The molecule has 0 amide bonds. The zero-order chi connectivity index (χ0) is 13.7. The summed E-state index contributed by atoms with van der Waals surface area (Å²) < 4.78 is 2.17. The minimum absolute atomic E-state index is 0.502. The average molecular weight is 253 g/mol. The molecule has 0 aliphatic heterocycles. The molecule has 1 heterocycles. The Balaban J connectivity index is 1.97. The Hall–Kier alpha value is -2.05. The molecule has 98 valence electrons. The van der Waals surface area contributed by atoms with Crippen molar-refractivity contribution in [3.05, 3.63) is 59.4 Å². The van der Waals surface area contributed by atoms with E-state index in [9.17, 15) is 0 Å². The van der Waals surface area contributed by atoms with Crippen molar-refractivity contribution in [3.63, 3.8) is 0 Å². The molecule has 2 rings (SSSR count). The number of nitrogens with one attached hydrogen (secondary N) is 1. The van der Waals surface area contributed by atoms with E-state index >= 15 is 0 Å². The van der Waals surface area contributed by atoms with Crippen LogP contribution in [0.2, 0.25) is 0 Å². The maximum absolute atomic E-state index is 8.76. The van der Waals surface area contributed by atoms with E-state index < -0.39 is 0 Å². The molecular formula is C16H19N3. The van der Waals surface area contributed by atoms with E-state index in [4.69, 9.17) is 5.26 Å². The second kappa shape index (κ2) is 6.21. The number of hydrogen-bond acceptors (Lipinski definition) is 2. The summed E-state index contributed by atoms with van der Waals surface area (Å²) in [6.07, 6.45) is 4.25. The van der Waals surface area contributed by atoms with E-state index in [1.54, 1.807) is 0 Å². The molecule has 0 aliphatic rings. The lowest BCUT2D eigenvalue weighted by molar-refractivity contribution is 0.588. The van der Waals surface area contributed by atoms with Gasteiger partial charge >= 0.3 is 0 Å². The molecule has 0 unspecified atom stereocenters. The van der Waals surface area contributed by atoms with E-state index in [2.05, 4.69) is 48.3 Å². The lowest BCUT2D eigenvalue weighted by Gasteiger charge is -2.06. The van der Waals surface area contributed by atoms with E-state index in [0.29, 0.717) is 11.6 Å². The topological polar surface area (TPSA) is 40.8 Å². The lowest BCUT2D eigenvalue weighted by atomic mass is 10.1. The summed E-state index contributed by atoms with van der Waals surface area (Å²) in [4.78, 5) is 0. The van der Waals surface area contributed by atoms with Gasteiger partial charge in [0.15, 0.2) is 0 Å². The van der Waals surface area contributed by atoms with Gasteiger partial charge in [0.25, 0.3) is 0 Å². The molecule has 0 saturated carbocycles. The average Bonchev–Trinajstić information content (AvgIpc) is 2.85. The lowest BCUT2D eigenvalue weighted by Crippen LogP contribution is -2.21. The van der Waals surface area contributed by atoms with Crippen LogP contribution in [0, 0.1) is 11.3 Å². The Morgan fingerprint density at radius 1 is 1.16 bits per heavy atom. The van der Waals surface area contributed by atoms with Crippen molar-refractivity contribution in [2.24, 2.45) is 0 Å². The molecule has 3 heteroatoms. The van der Waals surface area contributed by atoms with Gasteiger partial charge in [-0.1, -0.05) is 26.0 Å². The number of nitriles is 1. The van der Waals surface area contributed by atoms with Crippen molar-refractivity contribution in [1.82, 2.24) is 9.88 Å². The third-order valence-electron chi connectivity index (χ3n) is 2.97. The highest BCUT2D eigenvalue weighted by Gasteiger charge is 2.00. The van der Waals surface area contributed by atoms with Crippen LogP contribution >= 0.6 is 0 Å². The molecule has 0 spiro atoms. The SMILES string of the molecule is CC(C)NCc1ccn(Cc2ccc(C#N)cc2)c1. The van der Waals surface area contributed by atoms with Gasteiger partial charge in [0.2, 0.25) is 0 Å². The van der Waals surface area contributed by atoms with Gasteiger partial charge in [-0.25, -0.2) is 0 Å². The molecule has 0 fully saturated rings. The summed E-state index contributed by atoms with van der Waals surface area (Å²) in [5.74, 6) is 0. The number of benzene rings is 1. The van der Waals surface area contributed by atoms with Gasteiger partial charge in [-0.15, -0.1) is 0 Å². The van der Waals surface area contributed by atoms with Gasteiger partial charge in [0.05, 0.1) is 11.6 Å². The van der Waals surface area contributed by atoms with Gasteiger partial charge in [-0.3, -0.25) is 0 Å². The smallest absolute Gasteiger partial charge is 0.0991 e. The summed E-state index contributed by atoms with van der Waals surface area (Å²) >= 11 is 0. The van der Waals surface area contributed by atoms with E-state index in [1.165, 1.54) is 11.1 Å². The first-order valence-corrected chi connectivity index (χ1v) is 6.54. The fraction of sp³-hybridized carbons (Fsp3) is 0.312. The quantitative estimate of drug-likeness (QED) is 0.890. The molecule has 2 aromatic rings. The number of rotatable bonds is 5. The Labute approximate surface area is 114 Å². The minimum Gasteiger partial charge on any atom is -0.350 e. The van der Waals surface area contributed by atoms with Crippen LogP contribution in [0.5, 0.6) is 0 Å². The first kappa shape index (κ1) is 13.4. The highest BCUT2D eigenvalue weighted by Crippen LogP contribution is 2.08. The third-order valence-corrected chi connectivity index (χ3v) is 2.97. The number of aromatic nitrogens is 1. The van der Waals surface area contributed by atoms with Crippen LogP contribution in [-0.2, 0) is 13.1 Å². The molecule has 1 aromatic heterocycles. The van der Waals surface area contributed by atoms with E-state index in [-0.39, 0.29) is 0 Å². The molecule has 19 heavy (non-hydrogen) atoms. The van der Waals surface area contributed by atoms with Gasteiger partial charge in [0.1, 0.15) is 0 Å². The second-order valence-corrected chi connectivity index (χ2v) is 5.04. The van der Waals surface area contributed by atoms with Crippen LogP contribution < -0.4 is 5.32 Å². The maximum Gasteiger partial charge on any atom is 0.0991 e.